The fourth-order valence-electron chi connectivity index (χ4n) is 3.61. The zero-order chi connectivity index (χ0) is 21.1. The third kappa shape index (κ3) is 4.59. The molecule has 10 heteroatoms. The van der Waals surface area contributed by atoms with Crippen LogP contribution in [0.15, 0.2) is 30.3 Å². The minimum atomic E-state index is -0.794. The lowest BCUT2D eigenvalue weighted by Crippen LogP contribution is -2.50. The number of carbonyl (C=O) groups excluding carboxylic acids is 1. The van der Waals surface area contributed by atoms with Crippen molar-refractivity contribution < 1.29 is 13.6 Å². The molecule has 1 aromatic heterocycles. The summed E-state index contributed by atoms with van der Waals surface area (Å²) in [6.45, 7) is 6.03. The Hall–Kier alpha value is -3.01. The van der Waals surface area contributed by atoms with Crippen molar-refractivity contribution in [2.45, 2.75) is 0 Å². The first-order valence-corrected chi connectivity index (χ1v) is 10.0. The first kappa shape index (κ1) is 20.3. The van der Waals surface area contributed by atoms with Crippen LogP contribution in [0.2, 0.25) is 0 Å². The lowest BCUT2D eigenvalue weighted by atomic mass is 10.3. The SMILES string of the molecule is CN1CCN(c2ccc(N3CCN(C(=O)Nc4ccc(F)cc4F)CC3)nn2)CC1. The molecular weight excluding hydrogens is 392 g/mol. The average Bonchev–Trinajstić information content (AvgIpc) is 2.76. The van der Waals surface area contributed by atoms with Gasteiger partial charge in [0.1, 0.15) is 11.6 Å². The molecule has 0 radical (unpaired) electrons. The summed E-state index contributed by atoms with van der Waals surface area (Å²) < 4.78 is 26.8. The van der Waals surface area contributed by atoms with E-state index in [-0.39, 0.29) is 5.69 Å². The molecule has 0 spiro atoms. The second-order valence-electron chi connectivity index (χ2n) is 7.57. The molecule has 0 unspecified atom stereocenters. The van der Waals surface area contributed by atoms with E-state index in [0.29, 0.717) is 26.2 Å². The molecule has 4 rings (SSSR count). The number of likely N-dealkylation sites (N-methyl/N-ethyl adjacent to an activating group) is 1. The number of urea groups is 1. The van der Waals surface area contributed by atoms with Crippen LogP contribution in [-0.4, -0.2) is 85.4 Å². The molecule has 0 aliphatic carbocycles. The number of aromatic nitrogens is 2. The van der Waals surface area contributed by atoms with Gasteiger partial charge in [-0.25, -0.2) is 13.6 Å². The number of nitrogens with one attached hydrogen (secondary N) is 1. The Balaban J connectivity index is 1.30. The highest BCUT2D eigenvalue weighted by Gasteiger charge is 2.23. The van der Waals surface area contributed by atoms with E-state index in [0.717, 1.165) is 49.9 Å². The summed E-state index contributed by atoms with van der Waals surface area (Å²) in [6.07, 6.45) is 0. The van der Waals surface area contributed by atoms with Crippen LogP contribution in [-0.2, 0) is 0 Å². The van der Waals surface area contributed by atoms with Gasteiger partial charge in [0.05, 0.1) is 5.69 Å². The van der Waals surface area contributed by atoms with Crippen molar-refractivity contribution in [1.29, 1.82) is 0 Å². The second kappa shape index (κ2) is 8.78. The van der Waals surface area contributed by atoms with E-state index in [9.17, 15) is 13.6 Å². The first-order valence-electron chi connectivity index (χ1n) is 10.0. The maximum Gasteiger partial charge on any atom is 0.322 e. The molecule has 3 heterocycles. The Morgan fingerprint density at radius 3 is 1.97 bits per heavy atom. The second-order valence-corrected chi connectivity index (χ2v) is 7.57. The van der Waals surface area contributed by atoms with Crippen LogP contribution in [0.25, 0.3) is 0 Å². The molecule has 2 aliphatic rings. The average molecular weight is 417 g/mol. The van der Waals surface area contributed by atoms with Crippen molar-refractivity contribution in [3.63, 3.8) is 0 Å². The molecule has 2 fully saturated rings. The van der Waals surface area contributed by atoms with Crippen molar-refractivity contribution in [1.82, 2.24) is 20.0 Å². The number of hydrogen-bond acceptors (Lipinski definition) is 6. The predicted molar refractivity (Wildman–Crippen MR) is 111 cm³/mol. The van der Waals surface area contributed by atoms with Crippen molar-refractivity contribution in [2.75, 3.05) is 74.5 Å². The van der Waals surface area contributed by atoms with Crippen LogP contribution >= 0.6 is 0 Å². The van der Waals surface area contributed by atoms with E-state index < -0.39 is 17.7 Å². The molecule has 30 heavy (non-hydrogen) atoms. The van der Waals surface area contributed by atoms with Gasteiger partial charge in [0, 0.05) is 58.4 Å². The summed E-state index contributed by atoms with van der Waals surface area (Å²) in [5, 5.41) is 11.2. The Bertz CT molecular complexity index is 879. The summed E-state index contributed by atoms with van der Waals surface area (Å²) in [4.78, 5) is 20.6. The highest BCUT2D eigenvalue weighted by atomic mass is 19.1. The number of benzene rings is 1. The number of halogens is 2. The molecular formula is C20H25F2N7O. The number of piperazine rings is 2. The van der Waals surface area contributed by atoms with Crippen molar-refractivity contribution >= 4 is 23.4 Å². The standard InChI is InChI=1S/C20H25F2N7O/c1-26-6-8-27(9-7-26)18-4-5-19(25-24-18)28-10-12-29(13-11-28)20(30)23-17-3-2-15(21)14-16(17)22/h2-5,14H,6-13H2,1H3,(H,23,30). The van der Waals surface area contributed by atoms with Crippen LogP contribution in [0.1, 0.15) is 0 Å². The Morgan fingerprint density at radius 2 is 1.43 bits per heavy atom. The van der Waals surface area contributed by atoms with Gasteiger partial charge in [0.2, 0.25) is 0 Å². The molecule has 160 valence electrons. The quantitative estimate of drug-likeness (QED) is 0.823. The van der Waals surface area contributed by atoms with E-state index in [2.05, 4.69) is 37.3 Å². The molecule has 2 amide bonds. The molecule has 2 aliphatic heterocycles. The number of anilines is 3. The van der Waals surface area contributed by atoms with Crippen LogP contribution in [0.4, 0.5) is 30.9 Å². The minimum absolute atomic E-state index is 0.0332. The molecule has 8 nitrogen and oxygen atoms in total. The highest BCUT2D eigenvalue weighted by molar-refractivity contribution is 5.89. The van der Waals surface area contributed by atoms with Gasteiger partial charge >= 0.3 is 6.03 Å². The Kier molecular flexibility index (Phi) is 5.93. The van der Waals surface area contributed by atoms with Crippen molar-refractivity contribution in [3.8, 4) is 0 Å². The fourth-order valence-corrected chi connectivity index (χ4v) is 3.61. The fraction of sp³-hybridized carbons (Fsp3) is 0.450. The van der Waals surface area contributed by atoms with Gasteiger partial charge in [-0.15, -0.1) is 10.2 Å². The van der Waals surface area contributed by atoms with Crippen LogP contribution < -0.4 is 15.1 Å². The van der Waals surface area contributed by atoms with E-state index in [1.54, 1.807) is 4.90 Å². The number of amides is 2. The third-order valence-corrected chi connectivity index (χ3v) is 5.53. The van der Waals surface area contributed by atoms with E-state index in [1.165, 1.54) is 6.07 Å². The summed E-state index contributed by atoms with van der Waals surface area (Å²) in [6, 6.07) is 6.63. The summed E-state index contributed by atoms with van der Waals surface area (Å²) >= 11 is 0. The lowest BCUT2D eigenvalue weighted by Gasteiger charge is -2.35. The van der Waals surface area contributed by atoms with Gasteiger partial charge in [-0.3, -0.25) is 0 Å². The smallest absolute Gasteiger partial charge is 0.322 e. The topological polar surface area (TPSA) is 67.8 Å². The Labute approximate surface area is 174 Å². The molecule has 2 saturated heterocycles. The molecule has 0 atom stereocenters. The third-order valence-electron chi connectivity index (χ3n) is 5.53. The minimum Gasteiger partial charge on any atom is -0.353 e. The zero-order valence-corrected chi connectivity index (χ0v) is 16.9. The van der Waals surface area contributed by atoms with Gasteiger partial charge in [-0.05, 0) is 31.3 Å². The van der Waals surface area contributed by atoms with E-state index in [1.807, 2.05) is 12.1 Å². The zero-order valence-electron chi connectivity index (χ0n) is 16.9. The van der Waals surface area contributed by atoms with Crippen LogP contribution in [0, 0.1) is 11.6 Å². The molecule has 2 aromatic rings. The van der Waals surface area contributed by atoms with Gasteiger partial charge in [0.25, 0.3) is 0 Å². The predicted octanol–water partition coefficient (Wildman–Crippen LogP) is 1.86. The Morgan fingerprint density at radius 1 is 0.867 bits per heavy atom. The molecule has 1 N–H and O–H groups in total. The summed E-state index contributed by atoms with van der Waals surface area (Å²) in [5.41, 5.74) is -0.0332. The maximum atomic E-state index is 13.7. The van der Waals surface area contributed by atoms with Crippen LogP contribution in [0.5, 0.6) is 0 Å². The summed E-state index contributed by atoms with van der Waals surface area (Å²) in [5.74, 6) is 0.181. The normalized spacial score (nSPS) is 17.9. The summed E-state index contributed by atoms with van der Waals surface area (Å²) in [7, 11) is 2.11. The number of nitrogens with zero attached hydrogens (tertiary/aromatic N) is 6. The van der Waals surface area contributed by atoms with E-state index >= 15 is 0 Å². The number of hydrogen-bond donors (Lipinski definition) is 1. The van der Waals surface area contributed by atoms with Gasteiger partial charge in [-0.1, -0.05) is 0 Å². The molecule has 0 saturated carbocycles. The molecule has 0 bridgehead atoms. The monoisotopic (exact) mass is 417 g/mol. The lowest BCUT2D eigenvalue weighted by molar-refractivity contribution is 0.208. The van der Waals surface area contributed by atoms with E-state index in [4.69, 9.17) is 0 Å². The van der Waals surface area contributed by atoms with Gasteiger partial charge in [-0.2, -0.15) is 0 Å². The van der Waals surface area contributed by atoms with Crippen molar-refractivity contribution in [2.24, 2.45) is 0 Å². The number of rotatable bonds is 3. The highest BCUT2D eigenvalue weighted by Crippen LogP contribution is 2.19. The maximum absolute atomic E-state index is 13.7. The first-order chi connectivity index (χ1) is 14.5. The van der Waals surface area contributed by atoms with Crippen LogP contribution in [0.3, 0.4) is 0 Å². The molecule has 1 aromatic carbocycles. The largest absolute Gasteiger partial charge is 0.353 e. The van der Waals surface area contributed by atoms with Gasteiger partial charge < -0.3 is 24.9 Å². The van der Waals surface area contributed by atoms with Crippen molar-refractivity contribution in [3.05, 3.63) is 42.0 Å². The number of carbonyl (C=O) groups is 1. The van der Waals surface area contributed by atoms with Gasteiger partial charge in [0.15, 0.2) is 11.6 Å².